The highest BCUT2D eigenvalue weighted by atomic mass is 35.8. The maximum atomic E-state index is 12.0. The summed E-state index contributed by atoms with van der Waals surface area (Å²) < 4.78 is 46.6. The van der Waals surface area contributed by atoms with Crippen molar-refractivity contribution in [2.45, 2.75) is 12.0 Å². The SMILES string of the molecule is FC(F)C(F)(F)[Si](Cl)(Cl)Cl. The lowest BCUT2D eigenvalue weighted by atomic mass is 10.7. The van der Waals surface area contributed by atoms with E-state index >= 15 is 0 Å². The van der Waals surface area contributed by atoms with Gasteiger partial charge in [-0.05, 0) is 0 Å². The van der Waals surface area contributed by atoms with Gasteiger partial charge in [-0.15, -0.1) is 33.2 Å². The Morgan fingerprint density at radius 3 is 1.40 bits per heavy atom. The number of halogens is 7. The average molecular weight is 235 g/mol. The normalized spacial score (nSPS) is 14.4. The molecule has 0 heterocycles. The summed E-state index contributed by atoms with van der Waals surface area (Å²) in [5, 5.41) is 0. The van der Waals surface area contributed by atoms with Crippen LogP contribution >= 0.6 is 33.2 Å². The second kappa shape index (κ2) is 3.04. The third kappa shape index (κ3) is 2.15. The highest BCUT2D eigenvalue weighted by Gasteiger charge is 2.61. The number of hydrogen-bond donors (Lipinski definition) is 0. The van der Waals surface area contributed by atoms with E-state index in [9.17, 15) is 17.6 Å². The van der Waals surface area contributed by atoms with Crippen LogP contribution < -0.4 is 0 Å². The van der Waals surface area contributed by atoms with Crippen LogP contribution in [0.2, 0.25) is 0 Å². The molecule has 0 aromatic heterocycles. The van der Waals surface area contributed by atoms with Crippen LogP contribution in [-0.4, -0.2) is 18.0 Å². The molecule has 0 aromatic carbocycles. The minimum absolute atomic E-state index is 3.91. The molecule has 0 spiro atoms. The van der Waals surface area contributed by atoms with Gasteiger partial charge in [0.1, 0.15) is 0 Å². The molecule has 0 saturated heterocycles. The Kier molecular flexibility index (Phi) is 3.29. The minimum Gasteiger partial charge on any atom is -0.204 e. The molecule has 0 N–H and O–H groups in total. The molecule has 8 heteroatoms. The summed E-state index contributed by atoms with van der Waals surface area (Å²) in [6.07, 6.45) is -3.91. The van der Waals surface area contributed by atoms with Gasteiger partial charge in [-0.3, -0.25) is 0 Å². The Morgan fingerprint density at radius 2 is 1.40 bits per heavy atom. The topological polar surface area (TPSA) is 0 Å². The molecule has 0 aliphatic rings. The van der Waals surface area contributed by atoms with Gasteiger partial charge >= 0.3 is 18.0 Å². The molecular formula is C2HCl3F4Si. The van der Waals surface area contributed by atoms with Gasteiger partial charge in [0.15, 0.2) is 0 Å². The highest BCUT2D eigenvalue weighted by Crippen LogP contribution is 2.41. The van der Waals surface area contributed by atoms with Crippen molar-refractivity contribution in [1.29, 1.82) is 0 Å². The molecule has 0 nitrogen and oxygen atoms in total. The van der Waals surface area contributed by atoms with Crippen molar-refractivity contribution >= 4 is 39.2 Å². The van der Waals surface area contributed by atoms with Crippen molar-refractivity contribution in [2.75, 3.05) is 0 Å². The molecule has 62 valence electrons. The first kappa shape index (κ1) is 10.8. The maximum absolute atomic E-state index is 12.0. The largest absolute Gasteiger partial charge is 0.423 e. The second-order valence-electron chi connectivity index (χ2n) is 1.42. The maximum Gasteiger partial charge on any atom is 0.423 e. The zero-order valence-electron chi connectivity index (χ0n) is 4.22. The fraction of sp³-hybridized carbons (Fsp3) is 1.00. The molecule has 10 heavy (non-hydrogen) atoms. The molecule has 0 fully saturated rings. The predicted octanol–water partition coefficient (Wildman–Crippen LogP) is 3.08. The third-order valence-electron chi connectivity index (χ3n) is 0.652. The van der Waals surface area contributed by atoms with Gasteiger partial charge in [-0.2, -0.15) is 0 Å². The number of rotatable bonds is 2. The molecule has 0 aliphatic heterocycles. The van der Waals surface area contributed by atoms with Crippen LogP contribution in [-0.2, 0) is 0 Å². The first-order valence-corrected chi connectivity index (χ1v) is 6.96. The van der Waals surface area contributed by atoms with Gasteiger partial charge in [0.25, 0.3) is 0 Å². The monoisotopic (exact) mass is 234 g/mol. The van der Waals surface area contributed by atoms with Gasteiger partial charge in [0, 0.05) is 0 Å². The molecule has 0 aliphatic carbocycles. The summed E-state index contributed by atoms with van der Waals surface area (Å²) in [7, 11) is 0. The average Bonchev–Trinajstić information content (AvgIpc) is 1.62. The summed E-state index contributed by atoms with van der Waals surface area (Å²) in [6.45, 7) is 0. The van der Waals surface area contributed by atoms with Gasteiger partial charge in [0.2, 0.25) is 0 Å². The summed E-state index contributed by atoms with van der Waals surface area (Å²) in [4.78, 5) is 0. The van der Waals surface area contributed by atoms with E-state index in [4.69, 9.17) is 0 Å². The van der Waals surface area contributed by atoms with E-state index < -0.39 is 18.0 Å². The van der Waals surface area contributed by atoms with Gasteiger partial charge in [0.05, 0.1) is 0 Å². The fourth-order valence-corrected chi connectivity index (χ4v) is 1.11. The van der Waals surface area contributed by atoms with Crippen molar-refractivity contribution in [3.63, 3.8) is 0 Å². The molecule has 0 aromatic rings. The Balaban J connectivity index is 4.40. The Morgan fingerprint density at radius 1 is 1.10 bits per heavy atom. The Bertz CT molecular complexity index is 120. The number of hydrogen-bond acceptors (Lipinski definition) is 0. The van der Waals surface area contributed by atoms with E-state index in [2.05, 4.69) is 33.2 Å². The summed E-state index contributed by atoms with van der Waals surface area (Å²) in [5.74, 6) is 0. The van der Waals surface area contributed by atoms with E-state index in [1.807, 2.05) is 0 Å². The number of alkyl halides is 4. The van der Waals surface area contributed by atoms with Crippen molar-refractivity contribution in [1.82, 2.24) is 0 Å². The van der Waals surface area contributed by atoms with Crippen LogP contribution in [0.3, 0.4) is 0 Å². The first-order valence-electron chi connectivity index (χ1n) is 1.92. The van der Waals surface area contributed by atoms with E-state index in [0.29, 0.717) is 0 Å². The zero-order valence-corrected chi connectivity index (χ0v) is 7.49. The standard InChI is InChI=1S/C2HCl3F4Si/c3-10(4,5)2(8,9)1(6)7/h1H. The van der Waals surface area contributed by atoms with Crippen LogP contribution in [0.5, 0.6) is 0 Å². The van der Waals surface area contributed by atoms with Crippen molar-refractivity contribution < 1.29 is 17.6 Å². The van der Waals surface area contributed by atoms with Crippen molar-refractivity contribution in [3.8, 4) is 0 Å². The Labute approximate surface area is 69.2 Å². The molecule has 0 rings (SSSR count). The molecule has 0 unspecified atom stereocenters. The molecule has 0 amide bonds. The first-order chi connectivity index (χ1) is 4.19. The highest BCUT2D eigenvalue weighted by molar-refractivity contribution is 7.65. The molecule has 0 atom stereocenters. The van der Waals surface area contributed by atoms with E-state index in [0.717, 1.165) is 0 Å². The van der Waals surface area contributed by atoms with Gasteiger partial charge in [-0.25, -0.2) is 17.6 Å². The van der Waals surface area contributed by atoms with Crippen molar-refractivity contribution in [3.05, 3.63) is 0 Å². The molecule has 0 radical (unpaired) electrons. The van der Waals surface area contributed by atoms with E-state index in [1.165, 1.54) is 0 Å². The smallest absolute Gasteiger partial charge is 0.204 e. The van der Waals surface area contributed by atoms with Crippen LogP contribution in [0.15, 0.2) is 0 Å². The second-order valence-corrected chi connectivity index (χ2v) is 9.93. The van der Waals surface area contributed by atoms with Gasteiger partial charge in [-0.1, -0.05) is 0 Å². The van der Waals surface area contributed by atoms with Crippen LogP contribution in [0.25, 0.3) is 0 Å². The zero-order chi connectivity index (χ0) is 8.58. The van der Waals surface area contributed by atoms with Crippen LogP contribution in [0.1, 0.15) is 0 Å². The molecule has 0 saturated carbocycles. The lowest BCUT2D eigenvalue weighted by Crippen LogP contribution is -2.45. The molecular weight excluding hydrogens is 234 g/mol. The van der Waals surface area contributed by atoms with Crippen LogP contribution in [0.4, 0.5) is 17.6 Å². The lowest BCUT2D eigenvalue weighted by Gasteiger charge is -2.19. The minimum atomic E-state index is -4.61. The lowest BCUT2D eigenvalue weighted by molar-refractivity contribution is -0.0672. The quantitative estimate of drug-likeness (QED) is 0.392. The molecule has 0 bridgehead atoms. The van der Waals surface area contributed by atoms with E-state index in [1.54, 1.807) is 0 Å². The van der Waals surface area contributed by atoms with E-state index in [-0.39, 0.29) is 0 Å². The van der Waals surface area contributed by atoms with Crippen LogP contribution in [0, 0.1) is 0 Å². The Hall–Kier alpha value is 0.807. The van der Waals surface area contributed by atoms with Crippen molar-refractivity contribution in [2.24, 2.45) is 0 Å². The third-order valence-corrected chi connectivity index (χ3v) is 3.89. The fourth-order valence-electron chi connectivity index (χ4n) is 0.124. The predicted molar refractivity (Wildman–Crippen MR) is 34.3 cm³/mol. The summed E-state index contributed by atoms with van der Waals surface area (Å²) in [6, 6.07) is -4.61. The summed E-state index contributed by atoms with van der Waals surface area (Å²) >= 11 is 14.0. The summed E-state index contributed by atoms with van der Waals surface area (Å²) in [5.41, 5.74) is -4.46. The van der Waals surface area contributed by atoms with Gasteiger partial charge < -0.3 is 0 Å².